The third-order valence-corrected chi connectivity index (χ3v) is 5.71. The number of amides is 1. The van der Waals surface area contributed by atoms with Crippen LogP contribution in [0.5, 0.6) is 5.75 Å². The van der Waals surface area contributed by atoms with Gasteiger partial charge >= 0.3 is 0 Å². The molecule has 3 N–H and O–H groups in total. The van der Waals surface area contributed by atoms with Gasteiger partial charge < -0.3 is 4.74 Å². The number of guanidine groups is 1. The zero-order valence-corrected chi connectivity index (χ0v) is 19.5. The molecule has 0 fully saturated rings. The van der Waals surface area contributed by atoms with Crippen LogP contribution in [0.1, 0.15) is 5.56 Å². The second kappa shape index (κ2) is 9.46. The third-order valence-electron chi connectivity index (χ3n) is 5.47. The molecule has 1 amide bonds. The van der Waals surface area contributed by atoms with E-state index in [9.17, 15) is 4.79 Å². The van der Waals surface area contributed by atoms with Crippen molar-refractivity contribution in [2.24, 2.45) is 10.8 Å². The first-order valence-electron chi connectivity index (χ1n) is 10.7. The Kier molecular flexibility index (Phi) is 6.05. The SMILES string of the molecule is COc1ccc(-c2nn(-c3cccc(Cl)c3)cc2/C=C2\N=C(NN)N(c3ccccc3)C2=O)cc1. The molecular weight excluding hydrogens is 464 g/mol. The van der Waals surface area contributed by atoms with Crippen molar-refractivity contribution in [1.82, 2.24) is 15.2 Å². The Morgan fingerprint density at radius 3 is 2.43 bits per heavy atom. The molecule has 1 aliphatic heterocycles. The number of hydrogen-bond acceptors (Lipinski definition) is 6. The molecule has 4 aromatic rings. The quantitative estimate of drug-likeness (QED) is 0.248. The lowest BCUT2D eigenvalue weighted by molar-refractivity contribution is -0.113. The predicted octanol–water partition coefficient (Wildman–Crippen LogP) is 4.41. The third kappa shape index (κ3) is 4.40. The van der Waals surface area contributed by atoms with Crippen LogP contribution in [0, 0.1) is 0 Å². The zero-order valence-electron chi connectivity index (χ0n) is 18.7. The maximum Gasteiger partial charge on any atom is 0.283 e. The Morgan fingerprint density at radius 1 is 1.00 bits per heavy atom. The Labute approximate surface area is 206 Å². The second-order valence-corrected chi connectivity index (χ2v) is 8.11. The van der Waals surface area contributed by atoms with E-state index in [1.165, 1.54) is 4.90 Å². The number of nitrogens with zero attached hydrogens (tertiary/aromatic N) is 4. The van der Waals surface area contributed by atoms with Gasteiger partial charge in [-0.3, -0.25) is 10.2 Å². The van der Waals surface area contributed by atoms with Gasteiger partial charge in [-0.25, -0.2) is 20.4 Å². The van der Waals surface area contributed by atoms with Gasteiger partial charge in [-0.2, -0.15) is 5.10 Å². The average Bonchev–Trinajstić information content (AvgIpc) is 3.45. The number of carbonyl (C=O) groups is 1. The number of methoxy groups -OCH3 is 1. The monoisotopic (exact) mass is 484 g/mol. The molecule has 174 valence electrons. The van der Waals surface area contributed by atoms with Crippen LogP contribution in [0.15, 0.2) is 95.7 Å². The Bertz CT molecular complexity index is 1440. The van der Waals surface area contributed by atoms with Crippen molar-refractivity contribution in [2.45, 2.75) is 0 Å². The van der Waals surface area contributed by atoms with E-state index >= 15 is 0 Å². The topological polar surface area (TPSA) is 97.8 Å². The van der Waals surface area contributed by atoms with Gasteiger partial charge in [-0.05, 0) is 60.7 Å². The molecule has 0 aliphatic carbocycles. The molecule has 1 aliphatic rings. The molecule has 0 atom stereocenters. The molecule has 35 heavy (non-hydrogen) atoms. The first kappa shape index (κ1) is 22.4. The van der Waals surface area contributed by atoms with Gasteiger partial charge in [0.05, 0.1) is 18.5 Å². The van der Waals surface area contributed by atoms with Gasteiger partial charge in [-0.15, -0.1) is 0 Å². The Morgan fingerprint density at radius 2 is 1.74 bits per heavy atom. The van der Waals surface area contributed by atoms with E-state index in [1.54, 1.807) is 23.9 Å². The number of rotatable bonds is 5. The smallest absolute Gasteiger partial charge is 0.283 e. The summed E-state index contributed by atoms with van der Waals surface area (Å²) in [6.45, 7) is 0. The van der Waals surface area contributed by atoms with E-state index in [2.05, 4.69) is 10.4 Å². The number of carbonyl (C=O) groups excluding carboxylic acids is 1. The number of nitrogens with one attached hydrogen (secondary N) is 1. The van der Waals surface area contributed by atoms with Gasteiger partial charge in [0.2, 0.25) is 5.96 Å². The maximum atomic E-state index is 13.3. The van der Waals surface area contributed by atoms with E-state index in [-0.39, 0.29) is 17.6 Å². The minimum Gasteiger partial charge on any atom is -0.497 e. The summed E-state index contributed by atoms with van der Waals surface area (Å²) in [6.07, 6.45) is 3.54. The summed E-state index contributed by atoms with van der Waals surface area (Å²) in [4.78, 5) is 19.2. The van der Waals surface area contributed by atoms with Crippen LogP contribution in [-0.2, 0) is 4.79 Å². The second-order valence-electron chi connectivity index (χ2n) is 7.67. The van der Waals surface area contributed by atoms with Gasteiger partial charge in [0.1, 0.15) is 17.1 Å². The summed E-state index contributed by atoms with van der Waals surface area (Å²) in [5.41, 5.74) is 6.41. The number of anilines is 1. The number of hydrazine groups is 1. The molecular formula is C26H21ClN6O2. The molecule has 8 nitrogen and oxygen atoms in total. The molecule has 9 heteroatoms. The van der Waals surface area contributed by atoms with E-state index in [0.29, 0.717) is 22.0 Å². The lowest BCUT2D eigenvalue weighted by atomic mass is 10.1. The van der Waals surface area contributed by atoms with Crippen molar-refractivity contribution < 1.29 is 9.53 Å². The van der Waals surface area contributed by atoms with E-state index in [0.717, 1.165) is 17.0 Å². The first-order chi connectivity index (χ1) is 17.1. The number of hydrogen-bond donors (Lipinski definition) is 2. The largest absolute Gasteiger partial charge is 0.497 e. The molecule has 0 unspecified atom stereocenters. The molecule has 1 aromatic heterocycles. The lowest BCUT2D eigenvalue weighted by Gasteiger charge is -2.16. The minimum atomic E-state index is -0.305. The molecule has 0 spiro atoms. The van der Waals surface area contributed by atoms with Crippen LogP contribution in [0.25, 0.3) is 23.0 Å². The van der Waals surface area contributed by atoms with Crippen molar-refractivity contribution in [1.29, 1.82) is 0 Å². The van der Waals surface area contributed by atoms with Gasteiger partial charge in [-0.1, -0.05) is 35.9 Å². The Balaban J connectivity index is 1.61. The molecule has 5 rings (SSSR count). The number of aromatic nitrogens is 2. The highest BCUT2D eigenvalue weighted by Gasteiger charge is 2.31. The van der Waals surface area contributed by atoms with Crippen LogP contribution in [0.2, 0.25) is 5.02 Å². The van der Waals surface area contributed by atoms with Crippen LogP contribution >= 0.6 is 11.6 Å². The minimum absolute atomic E-state index is 0.224. The van der Waals surface area contributed by atoms with Crippen molar-refractivity contribution >= 4 is 35.2 Å². The van der Waals surface area contributed by atoms with Crippen LogP contribution in [0.3, 0.4) is 0 Å². The van der Waals surface area contributed by atoms with Crippen molar-refractivity contribution in [3.8, 4) is 22.7 Å². The summed E-state index contributed by atoms with van der Waals surface area (Å²) in [5, 5.41) is 5.38. The van der Waals surface area contributed by atoms with Crippen molar-refractivity contribution in [3.05, 3.63) is 101 Å². The summed E-state index contributed by atoms with van der Waals surface area (Å²) < 4.78 is 7.00. The summed E-state index contributed by atoms with van der Waals surface area (Å²) >= 11 is 6.20. The molecule has 0 saturated carbocycles. The highest BCUT2D eigenvalue weighted by Crippen LogP contribution is 2.30. The number of para-hydroxylation sites is 1. The highest BCUT2D eigenvalue weighted by atomic mass is 35.5. The number of nitrogens with two attached hydrogens (primary N) is 1. The lowest BCUT2D eigenvalue weighted by Crippen LogP contribution is -2.44. The predicted molar refractivity (Wildman–Crippen MR) is 137 cm³/mol. The molecule has 2 heterocycles. The van der Waals surface area contributed by atoms with Gasteiger partial charge in [0.15, 0.2) is 0 Å². The normalized spacial score (nSPS) is 14.4. The van der Waals surface area contributed by atoms with E-state index in [1.807, 2.05) is 79.0 Å². The Hall–Kier alpha value is -4.40. The fourth-order valence-corrected chi connectivity index (χ4v) is 3.98. The summed E-state index contributed by atoms with van der Waals surface area (Å²) in [7, 11) is 1.62. The summed E-state index contributed by atoms with van der Waals surface area (Å²) in [6, 6.07) is 24.1. The van der Waals surface area contributed by atoms with Crippen LogP contribution < -0.4 is 20.9 Å². The molecule has 0 radical (unpaired) electrons. The van der Waals surface area contributed by atoms with Crippen LogP contribution in [-0.4, -0.2) is 28.8 Å². The highest BCUT2D eigenvalue weighted by molar-refractivity contribution is 6.30. The standard InChI is InChI=1S/C26H21ClN6O2/c1-35-22-12-10-17(11-13-22)24-18(16-32(31-24)21-9-5-6-19(27)15-21)14-23-25(34)33(26(29-23)30-28)20-7-3-2-4-8-20/h2-16H,28H2,1H3,(H,29,30)/b23-14-. The molecule has 3 aromatic carbocycles. The van der Waals surface area contributed by atoms with Crippen molar-refractivity contribution in [3.63, 3.8) is 0 Å². The molecule has 0 bridgehead atoms. The van der Waals surface area contributed by atoms with Crippen molar-refractivity contribution in [2.75, 3.05) is 12.0 Å². The molecule has 0 saturated heterocycles. The van der Waals surface area contributed by atoms with Crippen LogP contribution in [0.4, 0.5) is 5.69 Å². The summed E-state index contributed by atoms with van der Waals surface area (Å²) in [5.74, 6) is 6.34. The van der Waals surface area contributed by atoms with Gasteiger partial charge in [0, 0.05) is 22.3 Å². The number of benzene rings is 3. The van der Waals surface area contributed by atoms with E-state index < -0.39 is 0 Å². The van der Waals surface area contributed by atoms with E-state index in [4.69, 9.17) is 27.3 Å². The zero-order chi connectivity index (χ0) is 24.4. The number of ether oxygens (including phenoxy) is 1. The average molecular weight is 485 g/mol. The number of aliphatic imine (C=N–C) groups is 1. The fraction of sp³-hybridized carbons (Fsp3) is 0.0385. The first-order valence-corrected chi connectivity index (χ1v) is 11.1. The number of halogens is 1. The van der Waals surface area contributed by atoms with Gasteiger partial charge in [0.25, 0.3) is 5.91 Å². The fourth-order valence-electron chi connectivity index (χ4n) is 3.79. The maximum absolute atomic E-state index is 13.3.